The summed E-state index contributed by atoms with van der Waals surface area (Å²) in [6, 6.07) is 0. The van der Waals surface area contributed by atoms with Crippen LogP contribution in [0.3, 0.4) is 0 Å². The molecule has 0 aliphatic carbocycles. The molecular formula is C11H19N3S2. The number of aromatic nitrogens is 2. The van der Waals surface area contributed by atoms with Crippen LogP contribution < -0.4 is 4.90 Å². The molecule has 1 atom stereocenters. The van der Waals surface area contributed by atoms with E-state index >= 15 is 0 Å². The Hall–Kier alpha value is -0.290. The Morgan fingerprint density at radius 2 is 2.38 bits per heavy atom. The van der Waals surface area contributed by atoms with E-state index < -0.39 is 0 Å². The molecule has 0 unspecified atom stereocenters. The van der Waals surface area contributed by atoms with E-state index in [-0.39, 0.29) is 0 Å². The minimum absolute atomic E-state index is 0.761. The summed E-state index contributed by atoms with van der Waals surface area (Å²) in [5.41, 5.74) is 0. The molecule has 0 amide bonds. The second-order valence-corrected chi connectivity index (χ2v) is 6.01. The molecule has 90 valence electrons. The number of thioether (sulfide) groups is 1. The molecule has 1 aliphatic heterocycles. The van der Waals surface area contributed by atoms with Crippen molar-refractivity contribution in [3.05, 3.63) is 5.82 Å². The van der Waals surface area contributed by atoms with E-state index in [1.54, 1.807) is 11.5 Å². The van der Waals surface area contributed by atoms with Gasteiger partial charge in [-0.15, -0.1) is 0 Å². The van der Waals surface area contributed by atoms with Crippen LogP contribution in [0.5, 0.6) is 0 Å². The minimum Gasteiger partial charge on any atom is -0.346 e. The number of hydrogen-bond acceptors (Lipinski definition) is 5. The Bertz CT molecular complexity index is 327. The second kappa shape index (κ2) is 5.87. The van der Waals surface area contributed by atoms with Crippen molar-refractivity contribution in [3.8, 4) is 0 Å². The van der Waals surface area contributed by atoms with E-state index in [1.165, 1.54) is 19.3 Å². The molecule has 0 saturated carbocycles. The van der Waals surface area contributed by atoms with Gasteiger partial charge in [0.25, 0.3) is 0 Å². The van der Waals surface area contributed by atoms with Crippen LogP contribution in [-0.4, -0.2) is 34.0 Å². The first-order valence-electron chi connectivity index (χ1n) is 5.93. The molecule has 16 heavy (non-hydrogen) atoms. The fourth-order valence-corrected chi connectivity index (χ4v) is 3.50. The first-order chi connectivity index (χ1) is 7.83. The zero-order chi connectivity index (χ0) is 11.4. The Morgan fingerprint density at radius 3 is 3.06 bits per heavy atom. The highest BCUT2D eigenvalue weighted by Gasteiger charge is 2.20. The lowest BCUT2D eigenvalue weighted by molar-refractivity contribution is 0.736. The van der Waals surface area contributed by atoms with Crippen LogP contribution in [0, 0.1) is 0 Å². The van der Waals surface area contributed by atoms with Crippen molar-refractivity contribution < 1.29 is 0 Å². The van der Waals surface area contributed by atoms with Crippen molar-refractivity contribution in [2.75, 3.05) is 24.2 Å². The van der Waals surface area contributed by atoms with Crippen LogP contribution in [0.2, 0.25) is 0 Å². The molecule has 0 N–H and O–H groups in total. The number of nitrogens with zero attached hydrogens (tertiary/aromatic N) is 3. The summed E-state index contributed by atoms with van der Waals surface area (Å²) in [6.45, 7) is 4.40. The molecule has 2 heterocycles. The van der Waals surface area contributed by atoms with E-state index in [0.29, 0.717) is 0 Å². The zero-order valence-corrected chi connectivity index (χ0v) is 11.6. The van der Waals surface area contributed by atoms with Gasteiger partial charge in [-0.05, 0) is 19.1 Å². The van der Waals surface area contributed by atoms with Crippen molar-refractivity contribution in [2.24, 2.45) is 0 Å². The predicted octanol–water partition coefficient (Wildman–Crippen LogP) is 2.82. The summed E-state index contributed by atoms with van der Waals surface area (Å²) in [4.78, 5) is 7.01. The average molecular weight is 257 g/mol. The highest BCUT2D eigenvalue weighted by molar-refractivity contribution is 7.99. The highest BCUT2D eigenvalue weighted by Crippen LogP contribution is 2.25. The third-order valence-corrected chi connectivity index (χ3v) is 4.87. The van der Waals surface area contributed by atoms with Crippen molar-refractivity contribution in [2.45, 2.75) is 37.9 Å². The van der Waals surface area contributed by atoms with Crippen LogP contribution in [0.4, 0.5) is 5.13 Å². The summed E-state index contributed by atoms with van der Waals surface area (Å²) in [7, 11) is 0. The van der Waals surface area contributed by atoms with E-state index in [9.17, 15) is 0 Å². The third kappa shape index (κ3) is 2.88. The van der Waals surface area contributed by atoms with Crippen molar-refractivity contribution in [1.29, 1.82) is 0 Å². The number of anilines is 1. The Kier molecular flexibility index (Phi) is 4.46. The van der Waals surface area contributed by atoms with Gasteiger partial charge >= 0.3 is 0 Å². The second-order valence-electron chi connectivity index (χ2n) is 4.15. The van der Waals surface area contributed by atoms with Crippen LogP contribution >= 0.6 is 23.3 Å². The first-order valence-corrected chi connectivity index (χ1v) is 8.00. The normalized spacial score (nSPS) is 22.1. The van der Waals surface area contributed by atoms with Gasteiger partial charge in [0.1, 0.15) is 5.82 Å². The van der Waals surface area contributed by atoms with Gasteiger partial charge in [0, 0.05) is 36.3 Å². The molecule has 0 radical (unpaired) electrons. The lowest BCUT2D eigenvalue weighted by Crippen LogP contribution is -2.29. The van der Waals surface area contributed by atoms with E-state index in [2.05, 4.69) is 27.4 Å². The molecule has 5 heteroatoms. The van der Waals surface area contributed by atoms with Gasteiger partial charge in [0.2, 0.25) is 5.13 Å². The van der Waals surface area contributed by atoms with Crippen LogP contribution in [-0.2, 0) is 6.42 Å². The molecule has 3 nitrogen and oxygen atoms in total. The molecule has 1 aliphatic rings. The van der Waals surface area contributed by atoms with E-state index in [1.807, 2.05) is 11.8 Å². The number of rotatable bonds is 3. The SMILES string of the molecule is CCc1nsc(N2CCCC[C@@H](SC)C2)n1. The molecule has 0 bridgehead atoms. The topological polar surface area (TPSA) is 29.0 Å². The van der Waals surface area contributed by atoms with Gasteiger partial charge in [-0.1, -0.05) is 13.3 Å². The number of aryl methyl sites for hydroxylation is 1. The molecular weight excluding hydrogens is 238 g/mol. The van der Waals surface area contributed by atoms with Gasteiger partial charge in [-0.25, -0.2) is 4.98 Å². The van der Waals surface area contributed by atoms with Crippen molar-refractivity contribution >= 4 is 28.4 Å². The smallest absolute Gasteiger partial charge is 0.205 e. The van der Waals surface area contributed by atoms with E-state index in [0.717, 1.165) is 35.7 Å². The van der Waals surface area contributed by atoms with Gasteiger partial charge in [-0.3, -0.25) is 0 Å². The molecule has 2 rings (SSSR count). The lowest BCUT2D eigenvalue weighted by Gasteiger charge is -2.22. The summed E-state index contributed by atoms with van der Waals surface area (Å²) in [6.07, 6.45) is 7.14. The largest absolute Gasteiger partial charge is 0.346 e. The van der Waals surface area contributed by atoms with E-state index in [4.69, 9.17) is 0 Å². The quantitative estimate of drug-likeness (QED) is 0.832. The van der Waals surface area contributed by atoms with Crippen LogP contribution in [0.1, 0.15) is 32.0 Å². The molecule has 1 aromatic heterocycles. The molecule has 1 saturated heterocycles. The molecule has 0 spiro atoms. The van der Waals surface area contributed by atoms with Crippen molar-refractivity contribution in [1.82, 2.24) is 9.36 Å². The summed E-state index contributed by atoms with van der Waals surface area (Å²) in [5, 5.41) is 1.88. The standard InChI is InChI=1S/C11H19N3S2/c1-3-10-12-11(16-13-10)14-7-5-4-6-9(8-14)15-2/h9H,3-8H2,1-2H3/t9-/m1/s1. The number of hydrogen-bond donors (Lipinski definition) is 0. The van der Waals surface area contributed by atoms with Gasteiger partial charge in [0.15, 0.2) is 0 Å². The highest BCUT2D eigenvalue weighted by atomic mass is 32.2. The first kappa shape index (κ1) is 12.2. The molecule has 1 aromatic rings. The zero-order valence-electron chi connectivity index (χ0n) is 9.98. The van der Waals surface area contributed by atoms with Crippen LogP contribution in [0.25, 0.3) is 0 Å². The Morgan fingerprint density at radius 1 is 1.50 bits per heavy atom. The summed E-state index contributed by atoms with van der Waals surface area (Å²) in [5.74, 6) is 0.991. The fraction of sp³-hybridized carbons (Fsp3) is 0.818. The van der Waals surface area contributed by atoms with Gasteiger partial charge < -0.3 is 4.90 Å². The minimum atomic E-state index is 0.761. The maximum Gasteiger partial charge on any atom is 0.205 e. The average Bonchev–Trinajstić information content (AvgIpc) is 2.67. The predicted molar refractivity (Wildman–Crippen MR) is 72.7 cm³/mol. The maximum atomic E-state index is 4.59. The Labute approximate surface area is 106 Å². The molecule has 0 aromatic carbocycles. The molecule has 1 fully saturated rings. The monoisotopic (exact) mass is 257 g/mol. The van der Waals surface area contributed by atoms with Gasteiger partial charge in [0.05, 0.1) is 0 Å². The van der Waals surface area contributed by atoms with Crippen LogP contribution in [0.15, 0.2) is 0 Å². The third-order valence-electron chi connectivity index (χ3n) is 3.01. The van der Waals surface area contributed by atoms with Crippen molar-refractivity contribution in [3.63, 3.8) is 0 Å². The van der Waals surface area contributed by atoms with Gasteiger partial charge in [-0.2, -0.15) is 16.1 Å². The summed E-state index contributed by atoms with van der Waals surface area (Å²) >= 11 is 3.54. The summed E-state index contributed by atoms with van der Waals surface area (Å²) < 4.78 is 4.37. The lowest BCUT2D eigenvalue weighted by atomic mass is 10.2. The fourth-order valence-electron chi connectivity index (χ4n) is 1.99. The Balaban J connectivity index is 2.06. The maximum absolute atomic E-state index is 4.59.